The number of nitrogens with one attached hydrogen (secondary N) is 1. The van der Waals surface area contributed by atoms with Crippen LogP contribution in [0.15, 0.2) is 48.8 Å². The number of hydrogen-bond acceptors (Lipinski definition) is 6. The van der Waals surface area contributed by atoms with Crippen LogP contribution in [0.5, 0.6) is 5.75 Å². The van der Waals surface area contributed by atoms with E-state index in [9.17, 15) is 4.79 Å². The highest BCUT2D eigenvalue weighted by Crippen LogP contribution is 2.26. The Bertz CT molecular complexity index is 863. The van der Waals surface area contributed by atoms with Crippen LogP contribution in [0.4, 0.5) is 11.5 Å². The summed E-state index contributed by atoms with van der Waals surface area (Å²) in [6.07, 6.45) is 3.39. The molecule has 0 spiro atoms. The van der Waals surface area contributed by atoms with Crippen molar-refractivity contribution >= 4 is 28.2 Å². The average Bonchev–Trinajstić information content (AvgIpc) is 2.62. The van der Waals surface area contributed by atoms with Gasteiger partial charge in [0.2, 0.25) is 0 Å². The third-order valence-corrected chi connectivity index (χ3v) is 3.47. The molecule has 3 aromatic rings. The van der Waals surface area contributed by atoms with E-state index in [2.05, 4.69) is 15.3 Å². The van der Waals surface area contributed by atoms with Crippen molar-refractivity contribution in [2.45, 2.75) is 6.92 Å². The highest BCUT2D eigenvalue weighted by molar-refractivity contribution is 5.98. The topological polar surface area (TPSA) is 73.3 Å². The Hall–Kier alpha value is -3.15. The normalized spacial score (nSPS) is 10.4. The summed E-state index contributed by atoms with van der Waals surface area (Å²) in [7, 11) is 1.62. The summed E-state index contributed by atoms with van der Waals surface area (Å²) in [5, 5.41) is 4.90. The van der Waals surface area contributed by atoms with Gasteiger partial charge in [-0.1, -0.05) is 0 Å². The first kappa shape index (κ1) is 15.7. The summed E-state index contributed by atoms with van der Waals surface area (Å²) in [5.41, 5.74) is 1.08. The number of methoxy groups -OCH3 is 1. The molecule has 3 rings (SSSR count). The summed E-state index contributed by atoms with van der Waals surface area (Å²) in [6.45, 7) is 2.07. The van der Waals surface area contributed by atoms with Crippen LogP contribution in [0, 0.1) is 0 Å². The molecule has 0 fully saturated rings. The lowest BCUT2D eigenvalue weighted by Gasteiger charge is -2.11. The standard InChI is InChI=1S/C18H17N3O3/c1-3-24-18(22)16-10-12-8-9-19-11-15(12)17(21-16)20-13-4-6-14(23-2)7-5-13/h4-11H,3H2,1-2H3,(H,20,21). The first-order chi connectivity index (χ1) is 11.7. The highest BCUT2D eigenvalue weighted by atomic mass is 16.5. The first-order valence-electron chi connectivity index (χ1n) is 7.54. The Morgan fingerprint density at radius 2 is 2.00 bits per heavy atom. The van der Waals surface area contributed by atoms with Crippen LogP contribution in [-0.4, -0.2) is 29.7 Å². The molecular weight excluding hydrogens is 306 g/mol. The number of rotatable bonds is 5. The smallest absolute Gasteiger partial charge is 0.357 e. The molecule has 1 aromatic carbocycles. The molecule has 1 N–H and O–H groups in total. The third-order valence-electron chi connectivity index (χ3n) is 3.47. The molecule has 0 saturated carbocycles. The molecule has 0 aliphatic rings. The molecule has 6 heteroatoms. The lowest BCUT2D eigenvalue weighted by Crippen LogP contribution is -2.09. The summed E-state index contributed by atoms with van der Waals surface area (Å²) < 4.78 is 10.2. The van der Waals surface area contributed by atoms with Crippen molar-refractivity contribution < 1.29 is 14.3 Å². The van der Waals surface area contributed by atoms with Crippen LogP contribution < -0.4 is 10.1 Å². The van der Waals surface area contributed by atoms with Gasteiger partial charge in [0.15, 0.2) is 5.69 Å². The second-order valence-electron chi connectivity index (χ2n) is 5.03. The number of ether oxygens (including phenoxy) is 2. The van der Waals surface area contributed by atoms with E-state index in [1.165, 1.54) is 0 Å². The van der Waals surface area contributed by atoms with Gasteiger partial charge in [-0.05, 0) is 48.7 Å². The molecule has 0 bridgehead atoms. The Morgan fingerprint density at radius 1 is 1.21 bits per heavy atom. The molecule has 0 aliphatic heterocycles. The van der Waals surface area contributed by atoms with Crippen LogP contribution in [0.3, 0.4) is 0 Å². The van der Waals surface area contributed by atoms with Gasteiger partial charge in [0.25, 0.3) is 0 Å². The summed E-state index contributed by atoms with van der Waals surface area (Å²) in [4.78, 5) is 20.6. The predicted molar refractivity (Wildman–Crippen MR) is 91.8 cm³/mol. The van der Waals surface area contributed by atoms with Gasteiger partial charge in [-0.3, -0.25) is 4.98 Å². The number of benzene rings is 1. The highest BCUT2D eigenvalue weighted by Gasteiger charge is 2.13. The molecule has 6 nitrogen and oxygen atoms in total. The molecule has 2 heterocycles. The molecule has 0 atom stereocenters. The van der Waals surface area contributed by atoms with E-state index < -0.39 is 5.97 Å². The number of aromatic nitrogens is 2. The van der Waals surface area contributed by atoms with E-state index in [1.54, 1.807) is 32.5 Å². The van der Waals surface area contributed by atoms with Crippen LogP contribution in [-0.2, 0) is 4.74 Å². The van der Waals surface area contributed by atoms with Crippen LogP contribution >= 0.6 is 0 Å². The minimum Gasteiger partial charge on any atom is -0.497 e. The number of nitrogens with zero attached hydrogens (tertiary/aromatic N) is 2. The molecule has 122 valence electrons. The fourth-order valence-corrected chi connectivity index (χ4v) is 2.31. The van der Waals surface area contributed by atoms with Gasteiger partial charge < -0.3 is 14.8 Å². The summed E-state index contributed by atoms with van der Waals surface area (Å²) >= 11 is 0. The van der Waals surface area contributed by atoms with Crippen molar-refractivity contribution in [2.24, 2.45) is 0 Å². The number of anilines is 2. The number of hydrogen-bond donors (Lipinski definition) is 1. The minimum atomic E-state index is -0.450. The maximum absolute atomic E-state index is 12.0. The molecule has 0 aliphatic carbocycles. The Balaban J connectivity index is 2.02. The maximum atomic E-state index is 12.0. The van der Waals surface area contributed by atoms with Gasteiger partial charge in [0.05, 0.1) is 13.7 Å². The van der Waals surface area contributed by atoms with E-state index >= 15 is 0 Å². The summed E-state index contributed by atoms with van der Waals surface area (Å²) in [6, 6.07) is 11.0. The summed E-state index contributed by atoms with van der Waals surface area (Å²) in [5.74, 6) is 0.864. The number of pyridine rings is 2. The van der Waals surface area contributed by atoms with Crippen LogP contribution in [0.1, 0.15) is 17.4 Å². The van der Waals surface area contributed by atoms with Crippen LogP contribution in [0.2, 0.25) is 0 Å². The maximum Gasteiger partial charge on any atom is 0.357 e. The molecular formula is C18H17N3O3. The van der Waals surface area contributed by atoms with Crippen molar-refractivity contribution in [2.75, 3.05) is 19.0 Å². The van der Waals surface area contributed by atoms with E-state index in [0.717, 1.165) is 22.2 Å². The van der Waals surface area contributed by atoms with E-state index in [0.29, 0.717) is 12.4 Å². The largest absolute Gasteiger partial charge is 0.497 e. The quantitative estimate of drug-likeness (QED) is 0.724. The minimum absolute atomic E-state index is 0.256. The van der Waals surface area contributed by atoms with Gasteiger partial charge in [-0.2, -0.15) is 0 Å². The molecule has 0 saturated heterocycles. The molecule has 24 heavy (non-hydrogen) atoms. The predicted octanol–water partition coefficient (Wildman–Crippen LogP) is 3.56. The zero-order chi connectivity index (χ0) is 16.9. The number of fused-ring (bicyclic) bond motifs is 1. The van der Waals surface area contributed by atoms with E-state index in [4.69, 9.17) is 9.47 Å². The van der Waals surface area contributed by atoms with Crippen molar-refractivity contribution in [3.63, 3.8) is 0 Å². The lowest BCUT2D eigenvalue weighted by molar-refractivity contribution is 0.0520. The molecule has 0 unspecified atom stereocenters. The molecule has 2 aromatic heterocycles. The number of carbonyl (C=O) groups is 1. The molecule has 0 radical (unpaired) electrons. The van der Waals surface area contributed by atoms with Crippen molar-refractivity contribution in [1.29, 1.82) is 0 Å². The first-order valence-corrected chi connectivity index (χ1v) is 7.54. The number of carbonyl (C=O) groups excluding carboxylic acids is 1. The van der Waals surface area contributed by atoms with E-state index in [1.807, 2.05) is 30.3 Å². The second-order valence-corrected chi connectivity index (χ2v) is 5.03. The Labute approximate surface area is 139 Å². The lowest BCUT2D eigenvalue weighted by atomic mass is 10.1. The van der Waals surface area contributed by atoms with Gasteiger partial charge in [-0.25, -0.2) is 9.78 Å². The van der Waals surface area contributed by atoms with Gasteiger partial charge in [0, 0.05) is 23.5 Å². The van der Waals surface area contributed by atoms with Crippen molar-refractivity contribution in [1.82, 2.24) is 9.97 Å². The van der Waals surface area contributed by atoms with Crippen molar-refractivity contribution in [3.8, 4) is 5.75 Å². The monoisotopic (exact) mass is 323 g/mol. The zero-order valence-electron chi connectivity index (χ0n) is 13.4. The van der Waals surface area contributed by atoms with Gasteiger partial charge >= 0.3 is 5.97 Å². The van der Waals surface area contributed by atoms with Crippen molar-refractivity contribution in [3.05, 3.63) is 54.5 Å². The third kappa shape index (κ3) is 3.27. The zero-order valence-corrected chi connectivity index (χ0v) is 13.4. The fourth-order valence-electron chi connectivity index (χ4n) is 2.31. The second kappa shape index (κ2) is 6.95. The van der Waals surface area contributed by atoms with Gasteiger partial charge in [0.1, 0.15) is 11.6 Å². The van der Waals surface area contributed by atoms with Crippen LogP contribution in [0.25, 0.3) is 10.8 Å². The van der Waals surface area contributed by atoms with E-state index in [-0.39, 0.29) is 5.69 Å². The number of esters is 1. The Morgan fingerprint density at radius 3 is 2.71 bits per heavy atom. The molecule has 0 amide bonds. The van der Waals surface area contributed by atoms with Gasteiger partial charge in [-0.15, -0.1) is 0 Å². The average molecular weight is 323 g/mol. The fraction of sp³-hybridized carbons (Fsp3) is 0.167. The Kier molecular flexibility index (Phi) is 4.56. The SMILES string of the molecule is CCOC(=O)c1cc2ccncc2c(Nc2ccc(OC)cc2)n1.